The van der Waals surface area contributed by atoms with Gasteiger partial charge in [0, 0.05) is 18.4 Å². The number of nitrogens with zero attached hydrogens (tertiary/aromatic N) is 4. The normalized spacial score (nSPS) is 13.2. The average Bonchev–Trinajstić information content (AvgIpc) is 3.07. The molecule has 0 radical (unpaired) electrons. The second kappa shape index (κ2) is 5.28. The Labute approximate surface area is 115 Å². The van der Waals surface area contributed by atoms with E-state index in [4.69, 9.17) is 0 Å². The maximum Gasteiger partial charge on any atom is 0.339 e. The minimum atomic E-state index is -0.949. The lowest BCUT2D eigenvalue weighted by atomic mass is 10.1. The second-order valence-corrected chi connectivity index (χ2v) is 4.74. The molecule has 20 heavy (non-hydrogen) atoms. The van der Waals surface area contributed by atoms with Crippen LogP contribution in [0.25, 0.3) is 0 Å². The number of carbonyl (C=O) groups is 1. The number of rotatable bonds is 5. The van der Waals surface area contributed by atoms with E-state index in [0.29, 0.717) is 18.9 Å². The van der Waals surface area contributed by atoms with Crippen molar-refractivity contribution in [3.05, 3.63) is 35.3 Å². The summed E-state index contributed by atoms with van der Waals surface area (Å²) >= 11 is 0. The molecule has 3 rings (SSSR count). The van der Waals surface area contributed by atoms with Gasteiger partial charge in [0.15, 0.2) is 0 Å². The Morgan fingerprint density at radius 1 is 1.45 bits per heavy atom. The number of nitrogens with one attached hydrogen (secondary N) is 1. The number of aromatic carboxylic acids is 1. The molecule has 7 nitrogen and oxygen atoms in total. The first-order chi connectivity index (χ1) is 9.74. The number of carboxylic acid groups (broad SMARTS) is 1. The summed E-state index contributed by atoms with van der Waals surface area (Å²) in [5, 5.41) is 19.9. The molecule has 0 fully saturated rings. The standard InChI is InChI=1S/C13H15N5O2/c19-13(20)10-8-9-2-1-3-11(9)16-12(10)14-4-6-18-7-5-15-17-18/h5,7-8H,1-4,6H2,(H,14,16)(H,19,20). The number of aromatic nitrogens is 4. The maximum absolute atomic E-state index is 11.3. The van der Waals surface area contributed by atoms with Crippen molar-refractivity contribution in [1.82, 2.24) is 20.0 Å². The zero-order valence-electron chi connectivity index (χ0n) is 10.9. The van der Waals surface area contributed by atoms with Gasteiger partial charge in [-0.05, 0) is 30.9 Å². The van der Waals surface area contributed by atoms with Crippen LogP contribution in [0.5, 0.6) is 0 Å². The number of hydrogen-bond acceptors (Lipinski definition) is 5. The molecule has 0 bridgehead atoms. The first-order valence-corrected chi connectivity index (χ1v) is 6.58. The molecule has 0 aromatic carbocycles. The molecular weight excluding hydrogens is 258 g/mol. The van der Waals surface area contributed by atoms with Gasteiger partial charge in [0.25, 0.3) is 0 Å². The van der Waals surface area contributed by atoms with E-state index in [-0.39, 0.29) is 5.56 Å². The molecule has 0 unspecified atom stereocenters. The SMILES string of the molecule is O=C(O)c1cc2c(nc1NCCn1ccnn1)CCC2. The number of fused-ring (bicyclic) bond motifs is 1. The molecule has 0 amide bonds. The van der Waals surface area contributed by atoms with E-state index in [0.717, 1.165) is 30.5 Å². The van der Waals surface area contributed by atoms with Crippen molar-refractivity contribution in [1.29, 1.82) is 0 Å². The van der Waals surface area contributed by atoms with Crippen LogP contribution in [0.1, 0.15) is 28.0 Å². The lowest BCUT2D eigenvalue weighted by Crippen LogP contribution is -2.15. The minimum Gasteiger partial charge on any atom is -0.478 e. The third-order valence-electron chi connectivity index (χ3n) is 3.39. The summed E-state index contributed by atoms with van der Waals surface area (Å²) in [6.07, 6.45) is 6.25. The first-order valence-electron chi connectivity index (χ1n) is 6.58. The molecule has 0 saturated carbocycles. The van der Waals surface area contributed by atoms with Crippen molar-refractivity contribution in [2.24, 2.45) is 0 Å². The van der Waals surface area contributed by atoms with Crippen LogP contribution in [0, 0.1) is 0 Å². The molecular formula is C13H15N5O2. The maximum atomic E-state index is 11.3. The molecule has 1 aliphatic carbocycles. The van der Waals surface area contributed by atoms with Gasteiger partial charge in [-0.2, -0.15) is 0 Å². The first kappa shape index (κ1) is 12.6. The zero-order valence-corrected chi connectivity index (χ0v) is 10.9. The Morgan fingerprint density at radius 3 is 3.10 bits per heavy atom. The molecule has 0 spiro atoms. The van der Waals surface area contributed by atoms with Gasteiger partial charge in [0.1, 0.15) is 11.4 Å². The Bertz CT molecular complexity index is 624. The number of hydrogen-bond donors (Lipinski definition) is 2. The zero-order chi connectivity index (χ0) is 13.9. The van der Waals surface area contributed by atoms with Crippen LogP contribution in [0.15, 0.2) is 18.5 Å². The van der Waals surface area contributed by atoms with Crippen LogP contribution in [0.2, 0.25) is 0 Å². The molecule has 2 N–H and O–H groups in total. The fourth-order valence-corrected chi connectivity index (χ4v) is 2.41. The van der Waals surface area contributed by atoms with Gasteiger partial charge in [-0.25, -0.2) is 9.78 Å². The number of carboxylic acids is 1. The van der Waals surface area contributed by atoms with Gasteiger partial charge in [-0.3, -0.25) is 4.68 Å². The van der Waals surface area contributed by atoms with E-state index in [9.17, 15) is 9.90 Å². The summed E-state index contributed by atoms with van der Waals surface area (Å²) in [6, 6.07) is 1.75. The van der Waals surface area contributed by atoms with Crippen molar-refractivity contribution in [3.8, 4) is 0 Å². The highest BCUT2D eigenvalue weighted by atomic mass is 16.4. The molecule has 0 aliphatic heterocycles. The van der Waals surface area contributed by atoms with E-state index >= 15 is 0 Å². The summed E-state index contributed by atoms with van der Waals surface area (Å²) in [7, 11) is 0. The molecule has 2 aromatic rings. The van der Waals surface area contributed by atoms with Gasteiger partial charge in [-0.15, -0.1) is 5.10 Å². The highest BCUT2D eigenvalue weighted by Crippen LogP contribution is 2.25. The van der Waals surface area contributed by atoms with E-state index in [2.05, 4.69) is 20.6 Å². The van der Waals surface area contributed by atoms with Crippen molar-refractivity contribution >= 4 is 11.8 Å². The fourth-order valence-electron chi connectivity index (χ4n) is 2.41. The summed E-state index contributed by atoms with van der Waals surface area (Å²) in [4.78, 5) is 15.8. The largest absolute Gasteiger partial charge is 0.478 e. The number of aryl methyl sites for hydroxylation is 2. The van der Waals surface area contributed by atoms with Gasteiger partial charge in [0.05, 0.1) is 12.7 Å². The summed E-state index contributed by atoms with van der Waals surface area (Å²) in [6.45, 7) is 1.16. The van der Waals surface area contributed by atoms with Gasteiger partial charge in [-0.1, -0.05) is 5.21 Å². The number of anilines is 1. The van der Waals surface area contributed by atoms with E-state index < -0.39 is 5.97 Å². The summed E-state index contributed by atoms with van der Waals surface area (Å²) in [5.41, 5.74) is 2.31. The minimum absolute atomic E-state index is 0.240. The van der Waals surface area contributed by atoms with Gasteiger partial charge in [0.2, 0.25) is 0 Å². The van der Waals surface area contributed by atoms with Crippen molar-refractivity contribution in [2.45, 2.75) is 25.8 Å². The smallest absolute Gasteiger partial charge is 0.339 e. The fraction of sp³-hybridized carbons (Fsp3) is 0.385. The van der Waals surface area contributed by atoms with Crippen molar-refractivity contribution in [3.63, 3.8) is 0 Å². The van der Waals surface area contributed by atoms with E-state index in [1.807, 2.05) is 0 Å². The summed E-state index contributed by atoms with van der Waals surface area (Å²) < 4.78 is 1.68. The van der Waals surface area contributed by atoms with Gasteiger partial charge >= 0.3 is 5.97 Å². The monoisotopic (exact) mass is 273 g/mol. The second-order valence-electron chi connectivity index (χ2n) is 4.74. The van der Waals surface area contributed by atoms with Gasteiger partial charge < -0.3 is 10.4 Å². The third-order valence-corrected chi connectivity index (χ3v) is 3.39. The molecule has 2 aromatic heterocycles. The van der Waals surface area contributed by atoms with Crippen molar-refractivity contribution < 1.29 is 9.90 Å². The quantitative estimate of drug-likeness (QED) is 0.843. The topological polar surface area (TPSA) is 92.9 Å². The predicted octanol–water partition coefficient (Wildman–Crippen LogP) is 0.972. The van der Waals surface area contributed by atoms with Crippen LogP contribution < -0.4 is 5.32 Å². The third kappa shape index (κ3) is 2.47. The Morgan fingerprint density at radius 2 is 2.35 bits per heavy atom. The van der Waals surface area contributed by atoms with Crippen LogP contribution in [0.4, 0.5) is 5.82 Å². The number of pyridine rings is 1. The molecule has 0 atom stereocenters. The van der Waals surface area contributed by atoms with Crippen LogP contribution >= 0.6 is 0 Å². The molecule has 1 aliphatic rings. The van der Waals surface area contributed by atoms with Crippen LogP contribution in [0.3, 0.4) is 0 Å². The Hall–Kier alpha value is -2.44. The molecule has 0 saturated heterocycles. The van der Waals surface area contributed by atoms with Crippen LogP contribution in [-0.2, 0) is 19.4 Å². The molecule has 104 valence electrons. The molecule has 2 heterocycles. The Kier molecular flexibility index (Phi) is 3.32. The molecule has 7 heteroatoms. The summed E-state index contributed by atoms with van der Waals surface area (Å²) in [5.74, 6) is -0.506. The lowest BCUT2D eigenvalue weighted by molar-refractivity contribution is 0.0697. The predicted molar refractivity (Wildman–Crippen MR) is 71.7 cm³/mol. The Balaban J connectivity index is 1.75. The van der Waals surface area contributed by atoms with E-state index in [1.54, 1.807) is 23.1 Å². The van der Waals surface area contributed by atoms with Crippen molar-refractivity contribution in [2.75, 3.05) is 11.9 Å². The van der Waals surface area contributed by atoms with Crippen LogP contribution in [-0.4, -0.2) is 37.6 Å². The average molecular weight is 273 g/mol. The lowest BCUT2D eigenvalue weighted by Gasteiger charge is -2.11. The highest BCUT2D eigenvalue weighted by Gasteiger charge is 2.19. The van der Waals surface area contributed by atoms with E-state index in [1.165, 1.54) is 0 Å². The highest BCUT2D eigenvalue weighted by molar-refractivity contribution is 5.93.